The summed E-state index contributed by atoms with van der Waals surface area (Å²) in [6.07, 6.45) is 3.06. The standard InChI is InChI=1S/C27H22Cl2N4.C6H7N3O/c1-17(2)30-24-16-27-25(15-23(24)31-20-11-7-18(28)8-12-20)32-22-5-3-4-6-26(22)33(27)21-13-9-19(29)10-14-21;7-9-6(10)5-1-3-8-4-2-5/h3-17,31H,1-2H3;1-4H,7H2,(H,9,10). The number of nitrogens with one attached hydrogen (secondary N) is 2. The lowest BCUT2D eigenvalue weighted by Gasteiger charge is -2.20. The lowest BCUT2D eigenvalue weighted by Crippen LogP contribution is -2.29. The van der Waals surface area contributed by atoms with Crippen molar-refractivity contribution in [2.24, 2.45) is 10.8 Å². The predicted molar refractivity (Wildman–Crippen MR) is 174 cm³/mol. The molecule has 1 aliphatic carbocycles. The summed E-state index contributed by atoms with van der Waals surface area (Å²) in [4.78, 5) is 24.4. The molecule has 0 unspecified atom stereocenters. The van der Waals surface area contributed by atoms with Crippen LogP contribution in [-0.2, 0) is 0 Å². The lowest BCUT2D eigenvalue weighted by atomic mass is 10.1. The van der Waals surface area contributed by atoms with E-state index in [1.807, 2.05) is 72.2 Å². The van der Waals surface area contributed by atoms with Crippen LogP contribution in [0.3, 0.4) is 0 Å². The molecule has 1 amide bonds. The maximum absolute atomic E-state index is 10.7. The number of anilines is 2. The van der Waals surface area contributed by atoms with Gasteiger partial charge in [0.15, 0.2) is 0 Å². The molecule has 4 aromatic rings. The maximum atomic E-state index is 10.7. The molecular formula is C33H29Cl2N7O. The average molecular weight is 611 g/mol. The molecule has 1 aromatic heterocycles. The van der Waals surface area contributed by atoms with Gasteiger partial charge in [-0.2, -0.15) is 0 Å². The smallest absolute Gasteiger partial charge is 0.265 e. The number of fused-ring (bicyclic) bond motifs is 2. The van der Waals surface area contributed by atoms with Gasteiger partial charge in [-0.1, -0.05) is 35.3 Å². The van der Waals surface area contributed by atoms with E-state index in [0.717, 1.165) is 44.8 Å². The summed E-state index contributed by atoms with van der Waals surface area (Å²) in [5.41, 5.74) is 9.12. The summed E-state index contributed by atoms with van der Waals surface area (Å²) >= 11 is 12.2. The van der Waals surface area contributed by atoms with Crippen LogP contribution in [0.1, 0.15) is 24.2 Å². The minimum atomic E-state index is -0.303. The van der Waals surface area contributed by atoms with E-state index < -0.39 is 0 Å². The second-order valence-corrected chi connectivity index (χ2v) is 10.7. The summed E-state index contributed by atoms with van der Waals surface area (Å²) in [6, 6.07) is 31.1. The first-order valence-corrected chi connectivity index (χ1v) is 14.3. The number of hydrogen-bond donors (Lipinski definition) is 3. The third-order valence-electron chi connectivity index (χ3n) is 6.38. The number of nitrogen functional groups attached to an aromatic ring is 1. The Balaban J connectivity index is 0.000000314. The van der Waals surface area contributed by atoms with E-state index in [2.05, 4.69) is 46.9 Å². The number of carbonyl (C=O) groups excluding carboxylic acids is 1. The largest absolute Gasteiger partial charge is 0.354 e. The van der Waals surface area contributed by atoms with E-state index in [1.165, 1.54) is 12.4 Å². The molecule has 2 aliphatic rings. The van der Waals surface area contributed by atoms with Gasteiger partial charge in [-0.3, -0.25) is 20.2 Å². The molecule has 43 heavy (non-hydrogen) atoms. The molecule has 0 radical (unpaired) electrons. The molecule has 3 aromatic carbocycles. The summed E-state index contributed by atoms with van der Waals surface area (Å²) in [5.74, 6) is 4.58. The molecule has 8 nitrogen and oxygen atoms in total. The molecule has 4 N–H and O–H groups in total. The summed E-state index contributed by atoms with van der Waals surface area (Å²) in [6.45, 7) is 4.14. The number of amides is 1. The van der Waals surface area contributed by atoms with Gasteiger partial charge in [0.25, 0.3) is 5.91 Å². The average Bonchev–Trinajstić information content (AvgIpc) is 3.02. The van der Waals surface area contributed by atoms with Gasteiger partial charge < -0.3 is 9.88 Å². The molecular weight excluding hydrogens is 581 g/mol. The number of pyridine rings is 1. The van der Waals surface area contributed by atoms with Crippen LogP contribution >= 0.6 is 23.2 Å². The Bertz CT molecular complexity index is 1890. The van der Waals surface area contributed by atoms with Crippen LogP contribution in [0.2, 0.25) is 10.0 Å². The topological polar surface area (TPSA) is 110 Å². The predicted octanol–water partition coefficient (Wildman–Crippen LogP) is 7.17. The van der Waals surface area contributed by atoms with Crippen molar-refractivity contribution in [3.05, 3.63) is 130 Å². The molecule has 216 valence electrons. The Labute approximate surface area is 259 Å². The number of para-hydroxylation sites is 2. The second kappa shape index (κ2) is 13.5. The van der Waals surface area contributed by atoms with Gasteiger partial charge in [0.1, 0.15) is 0 Å². The van der Waals surface area contributed by atoms with Gasteiger partial charge >= 0.3 is 0 Å². The van der Waals surface area contributed by atoms with Gasteiger partial charge in [-0.25, -0.2) is 10.8 Å². The van der Waals surface area contributed by atoms with Crippen LogP contribution in [0.4, 0.5) is 11.4 Å². The van der Waals surface area contributed by atoms with Crippen LogP contribution in [0.15, 0.2) is 114 Å². The quantitative estimate of drug-likeness (QED) is 0.0830. The summed E-state index contributed by atoms with van der Waals surface area (Å²) in [5, 5.41) is 5.76. The molecule has 1 aliphatic heterocycles. The first kappa shape index (κ1) is 29.7. The van der Waals surface area contributed by atoms with E-state index in [4.69, 9.17) is 39.0 Å². The molecule has 0 saturated heterocycles. The van der Waals surface area contributed by atoms with Crippen LogP contribution < -0.4 is 21.9 Å². The van der Waals surface area contributed by atoms with Crippen LogP contribution in [-0.4, -0.2) is 26.5 Å². The Hall–Kier alpha value is -4.76. The number of hydrazine groups is 1. The third-order valence-corrected chi connectivity index (χ3v) is 6.88. The van der Waals surface area contributed by atoms with Gasteiger partial charge in [0.2, 0.25) is 0 Å². The zero-order valence-corrected chi connectivity index (χ0v) is 25.0. The van der Waals surface area contributed by atoms with E-state index in [1.54, 1.807) is 12.1 Å². The van der Waals surface area contributed by atoms with Crippen LogP contribution in [0.5, 0.6) is 0 Å². The molecule has 2 heterocycles. The molecule has 6 rings (SSSR count). The lowest BCUT2D eigenvalue weighted by molar-refractivity contribution is 0.0953. The Morgan fingerprint density at radius 3 is 2.19 bits per heavy atom. The van der Waals surface area contributed by atoms with Gasteiger partial charge in [-0.05, 0) is 98.8 Å². The number of nitrogens with zero attached hydrogens (tertiary/aromatic N) is 4. The maximum Gasteiger partial charge on any atom is 0.265 e. The molecule has 0 bridgehead atoms. The van der Waals surface area contributed by atoms with Crippen molar-refractivity contribution in [3.63, 3.8) is 0 Å². The first-order valence-electron chi connectivity index (χ1n) is 13.5. The van der Waals surface area contributed by atoms with Crippen molar-refractivity contribution >= 4 is 51.5 Å². The fraction of sp³-hybridized carbons (Fsp3) is 0.0909. The SMILES string of the molecule is CC(C)N=c1cc2n(-c3ccc(Cl)cc3)c3ccccc3nc-2cc1Nc1ccc(Cl)cc1.NNC(=O)c1ccncc1. The number of rotatable bonds is 5. The van der Waals surface area contributed by atoms with E-state index in [0.29, 0.717) is 15.6 Å². The number of hydrogen-bond acceptors (Lipinski definition) is 6. The normalized spacial score (nSPS) is 11.3. The van der Waals surface area contributed by atoms with Crippen molar-refractivity contribution in [3.8, 4) is 17.1 Å². The molecule has 0 fully saturated rings. The van der Waals surface area contributed by atoms with Crippen molar-refractivity contribution in [1.29, 1.82) is 0 Å². The molecule has 0 atom stereocenters. The molecule has 0 saturated carbocycles. The Kier molecular flexibility index (Phi) is 9.32. The highest BCUT2D eigenvalue weighted by molar-refractivity contribution is 6.30. The fourth-order valence-electron chi connectivity index (χ4n) is 4.47. The zero-order valence-electron chi connectivity index (χ0n) is 23.5. The molecule has 0 spiro atoms. The highest BCUT2D eigenvalue weighted by atomic mass is 35.5. The third kappa shape index (κ3) is 7.18. The van der Waals surface area contributed by atoms with Crippen molar-refractivity contribution in [2.45, 2.75) is 19.9 Å². The van der Waals surface area contributed by atoms with Crippen molar-refractivity contribution in [1.82, 2.24) is 20.0 Å². The van der Waals surface area contributed by atoms with Crippen molar-refractivity contribution < 1.29 is 4.79 Å². The molecule has 10 heteroatoms. The minimum absolute atomic E-state index is 0.130. The number of halogens is 2. The van der Waals surface area contributed by atoms with Gasteiger partial charge in [-0.15, -0.1) is 0 Å². The number of benzene rings is 4. The second-order valence-electron chi connectivity index (χ2n) is 9.83. The summed E-state index contributed by atoms with van der Waals surface area (Å²) in [7, 11) is 0. The monoisotopic (exact) mass is 609 g/mol. The minimum Gasteiger partial charge on any atom is -0.354 e. The zero-order chi connectivity index (χ0) is 30.3. The van der Waals surface area contributed by atoms with E-state index in [-0.39, 0.29) is 11.9 Å². The highest BCUT2D eigenvalue weighted by Crippen LogP contribution is 2.31. The highest BCUT2D eigenvalue weighted by Gasteiger charge is 2.17. The van der Waals surface area contributed by atoms with Gasteiger partial charge in [0.05, 0.1) is 33.5 Å². The summed E-state index contributed by atoms with van der Waals surface area (Å²) < 4.78 is 2.21. The van der Waals surface area contributed by atoms with E-state index in [9.17, 15) is 4.79 Å². The number of nitrogens with two attached hydrogens (primary N) is 1. The van der Waals surface area contributed by atoms with Crippen LogP contribution in [0, 0.1) is 0 Å². The Morgan fingerprint density at radius 2 is 1.53 bits per heavy atom. The first-order chi connectivity index (χ1) is 20.8. The Morgan fingerprint density at radius 1 is 0.884 bits per heavy atom. The van der Waals surface area contributed by atoms with Gasteiger partial charge in [0, 0.05) is 45.4 Å². The van der Waals surface area contributed by atoms with Crippen LogP contribution in [0.25, 0.3) is 28.1 Å². The number of aromatic nitrogens is 3. The van der Waals surface area contributed by atoms with Crippen molar-refractivity contribution in [2.75, 3.05) is 5.32 Å². The number of carbonyl (C=O) groups is 1. The fourth-order valence-corrected chi connectivity index (χ4v) is 4.72. The van der Waals surface area contributed by atoms with E-state index >= 15 is 0 Å².